The van der Waals surface area contributed by atoms with E-state index in [0.29, 0.717) is 6.10 Å². The first-order chi connectivity index (χ1) is 7.38. The van der Waals surface area contributed by atoms with E-state index in [4.69, 9.17) is 4.74 Å². The lowest BCUT2D eigenvalue weighted by molar-refractivity contribution is 0.0935. The Bertz CT molecular complexity index is 293. The molecule has 15 heavy (non-hydrogen) atoms. The second kappa shape index (κ2) is 5.23. The van der Waals surface area contributed by atoms with Crippen LogP contribution in [0, 0.1) is 0 Å². The predicted octanol–water partition coefficient (Wildman–Crippen LogP) is 0.567. The van der Waals surface area contributed by atoms with Gasteiger partial charge in [0.1, 0.15) is 0 Å². The molecule has 1 aliphatic heterocycles. The van der Waals surface area contributed by atoms with Gasteiger partial charge < -0.3 is 10.1 Å². The average molecular weight is 210 g/mol. The molecule has 1 saturated heterocycles. The van der Waals surface area contributed by atoms with Gasteiger partial charge in [0.05, 0.1) is 18.3 Å². The van der Waals surface area contributed by atoms with Crippen LogP contribution in [0.2, 0.25) is 0 Å². The average Bonchev–Trinajstić information content (AvgIpc) is 2.87. The van der Waals surface area contributed by atoms with Crippen LogP contribution in [0.25, 0.3) is 0 Å². The summed E-state index contributed by atoms with van der Waals surface area (Å²) in [5, 5.41) is 11.4. The minimum Gasteiger partial charge on any atom is -0.376 e. The summed E-state index contributed by atoms with van der Waals surface area (Å²) < 4.78 is 7.42. The molecule has 2 rings (SSSR count). The number of nitrogens with one attached hydrogen (secondary N) is 1. The highest BCUT2D eigenvalue weighted by molar-refractivity contribution is 4.91. The van der Waals surface area contributed by atoms with Crippen molar-refractivity contribution in [2.75, 3.05) is 13.2 Å². The summed E-state index contributed by atoms with van der Waals surface area (Å²) in [6.45, 7) is 5.56. The summed E-state index contributed by atoms with van der Waals surface area (Å²) in [5.74, 6) is 0. The van der Waals surface area contributed by atoms with E-state index in [-0.39, 0.29) is 0 Å². The third-order valence-corrected chi connectivity index (χ3v) is 2.56. The smallest absolute Gasteiger partial charge is 0.0964 e. The first kappa shape index (κ1) is 10.6. The van der Waals surface area contributed by atoms with Crippen LogP contribution in [0.3, 0.4) is 0 Å². The summed E-state index contributed by atoms with van der Waals surface area (Å²) in [6, 6.07) is 0. The van der Waals surface area contributed by atoms with E-state index in [0.717, 1.165) is 38.4 Å². The molecule has 0 bridgehead atoms. The Morgan fingerprint density at radius 3 is 3.33 bits per heavy atom. The van der Waals surface area contributed by atoms with E-state index < -0.39 is 0 Å². The monoisotopic (exact) mass is 210 g/mol. The van der Waals surface area contributed by atoms with Crippen LogP contribution >= 0.6 is 0 Å². The normalized spacial score (nSPS) is 21.0. The molecule has 1 fully saturated rings. The Morgan fingerprint density at radius 2 is 2.60 bits per heavy atom. The maximum Gasteiger partial charge on any atom is 0.0964 e. The molecule has 1 atom stereocenters. The minimum absolute atomic E-state index is 0.332. The summed E-state index contributed by atoms with van der Waals surface area (Å²) >= 11 is 0. The fourth-order valence-corrected chi connectivity index (χ4v) is 1.76. The van der Waals surface area contributed by atoms with Crippen LogP contribution in [0.1, 0.15) is 25.5 Å². The first-order valence-electron chi connectivity index (χ1n) is 5.60. The van der Waals surface area contributed by atoms with Gasteiger partial charge in [-0.3, -0.25) is 0 Å². The molecule has 0 radical (unpaired) electrons. The van der Waals surface area contributed by atoms with E-state index >= 15 is 0 Å². The topological polar surface area (TPSA) is 52.0 Å². The summed E-state index contributed by atoms with van der Waals surface area (Å²) in [6.07, 6.45) is 4.63. The van der Waals surface area contributed by atoms with Gasteiger partial charge in [-0.25, -0.2) is 4.68 Å². The molecule has 1 unspecified atom stereocenters. The SMILES string of the molecule is CCNCc1cn(CC2CCCO2)nn1. The zero-order valence-electron chi connectivity index (χ0n) is 9.15. The van der Waals surface area contributed by atoms with Gasteiger partial charge in [0, 0.05) is 19.3 Å². The van der Waals surface area contributed by atoms with Crippen molar-refractivity contribution >= 4 is 0 Å². The number of aromatic nitrogens is 3. The second-order valence-corrected chi connectivity index (χ2v) is 3.85. The highest BCUT2D eigenvalue weighted by atomic mass is 16.5. The molecular weight excluding hydrogens is 192 g/mol. The van der Waals surface area contributed by atoms with Crippen LogP contribution in [-0.2, 0) is 17.8 Å². The molecule has 0 spiro atoms. The molecule has 0 aliphatic carbocycles. The molecule has 84 valence electrons. The largest absolute Gasteiger partial charge is 0.376 e. The van der Waals surface area contributed by atoms with Gasteiger partial charge in [-0.15, -0.1) is 5.10 Å². The summed E-state index contributed by atoms with van der Waals surface area (Å²) in [4.78, 5) is 0. The number of rotatable bonds is 5. The fourth-order valence-electron chi connectivity index (χ4n) is 1.76. The molecule has 5 nitrogen and oxygen atoms in total. The number of nitrogens with zero attached hydrogens (tertiary/aromatic N) is 3. The van der Waals surface area contributed by atoms with Crippen LogP contribution in [-0.4, -0.2) is 34.2 Å². The van der Waals surface area contributed by atoms with Gasteiger partial charge in [0.25, 0.3) is 0 Å². The molecule has 1 aromatic rings. The van der Waals surface area contributed by atoms with Crippen molar-refractivity contribution in [1.82, 2.24) is 20.3 Å². The lowest BCUT2D eigenvalue weighted by Crippen LogP contribution is -2.15. The second-order valence-electron chi connectivity index (χ2n) is 3.85. The molecule has 1 aliphatic rings. The molecule has 2 heterocycles. The maximum absolute atomic E-state index is 5.54. The number of hydrogen-bond donors (Lipinski definition) is 1. The molecule has 5 heteroatoms. The van der Waals surface area contributed by atoms with E-state index in [2.05, 4.69) is 22.6 Å². The quantitative estimate of drug-likeness (QED) is 0.772. The van der Waals surface area contributed by atoms with Crippen molar-refractivity contribution in [3.8, 4) is 0 Å². The summed E-state index contributed by atoms with van der Waals surface area (Å²) in [5.41, 5.74) is 0.995. The molecule has 0 saturated carbocycles. The van der Waals surface area contributed by atoms with Crippen molar-refractivity contribution in [3.05, 3.63) is 11.9 Å². The maximum atomic E-state index is 5.54. The number of ether oxygens (including phenoxy) is 1. The zero-order valence-corrected chi connectivity index (χ0v) is 9.15. The van der Waals surface area contributed by atoms with Gasteiger partial charge >= 0.3 is 0 Å². The Kier molecular flexibility index (Phi) is 3.69. The third-order valence-electron chi connectivity index (χ3n) is 2.56. The van der Waals surface area contributed by atoms with Gasteiger partial charge in [-0.2, -0.15) is 0 Å². The standard InChI is InChI=1S/C10H18N4O/c1-2-11-6-9-7-14(13-12-9)8-10-4-3-5-15-10/h7,10-11H,2-6,8H2,1H3. The molecular formula is C10H18N4O. The molecule has 1 N–H and O–H groups in total. The first-order valence-corrected chi connectivity index (χ1v) is 5.60. The predicted molar refractivity (Wildman–Crippen MR) is 56.4 cm³/mol. The van der Waals surface area contributed by atoms with E-state index in [1.807, 2.05) is 10.9 Å². The highest BCUT2D eigenvalue weighted by Crippen LogP contribution is 2.13. The van der Waals surface area contributed by atoms with Gasteiger partial charge in [-0.1, -0.05) is 12.1 Å². The number of hydrogen-bond acceptors (Lipinski definition) is 4. The lowest BCUT2D eigenvalue weighted by Gasteiger charge is -2.07. The van der Waals surface area contributed by atoms with Crippen molar-refractivity contribution in [2.24, 2.45) is 0 Å². The molecule has 0 aromatic carbocycles. The van der Waals surface area contributed by atoms with E-state index in [9.17, 15) is 0 Å². The van der Waals surface area contributed by atoms with Gasteiger partial charge in [0.15, 0.2) is 0 Å². The minimum atomic E-state index is 0.332. The lowest BCUT2D eigenvalue weighted by atomic mass is 10.2. The van der Waals surface area contributed by atoms with Crippen LogP contribution in [0.4, 0.5) is 0 Å². The Labute approximate surface area is 89.8 Å². The van der Waals surface area contributed by atoms with Crippen molar-refractivity contribution < 1.29 is 4.74 Å². The van der Waals surface area contributed by atoms with E-state index in [1.165, 1.54) is 6.42 Å². The van der Waals surface area contributed by atoms with Crippen molar-refractivity contribution in [3.63, 3.8) is 0 Å². The highest BCUT2D eigenvalue weighted by Gasteiger charge is 2.16. The Hall–Kier alpha value is -0.940. The van der Waals surface area contributed by atoms with Crippen LogP contribution in [0.5, 0.6) is 0 Å². The molecule has 1 aromatic heterocycles. The Balaban J connectivity index is 1.83. The van der Waals surface area contributed by atoms with Crippen molar-refractivity contribution in [1.29, 1.82) is 0 Å². The third kappa shape index (κ3) is 3.00. The van der Waals surface area contributed by atoms with Gasteiger partial charge in [-0.05, 0) is 19.4 Å². The molecule has 0 amide bonds. The van der Waals surface area contributed by atoms with Crippen LogP contribution in [0.15, 0.2) is 6.20 Å². The van der Waals surface area contributed by atoms with Gasteiger partial charge in [0.2, 0.25) is 0 Å². The van der Waals surface area contributed by atoms with Crippen molar-refractivity contribution in [2.45, 2.75) is 39.0 Å². The fraction of sp³-hybridized carbons (Fsp3) is 0.800. The zero-order chi connectivity index (χ0) is 10.5. The van der Waals surface area contributed by atoms with E-state index in [1.54, 1.807) is 0 Å². The summed E-state index contributed by atoms with van der Waals surface area (Å²) in [7, 11) is 0. The van der Waals surface area contributed by atoms with Crippen LogP contribution < -0.4 is 5.32 Å². The Morgan fingerprint density at radius 1 is 1.67 bits per heavy atom.